The van der Waals surface area contributed by atoms with Gasteiger partial charge in [0.05, 0.1) is 5.38 Å². The third-order valence-corrected chi connectivity index (χ3v) is 5.88. The van der Waals surface area contributed by atoms with Gasteiger partial charge in [0.25, 0.3) is 0 Å². The lowest BCUT2D eigenvalue weighted by molar-refractivity contribution is 0.171. The van der Waals surface area contributed by atoms with Crippen LogP contribution < -0.4 is 9.47 Å². The van der Waals surface area contributed by atoms with E-state index in [2.05, 4.69) is 29.8 Å². The Labute approximate surface area is 133 Å². The van der Waals surface area contributed by atoms with E-state index in [1.165, 1.54) is 19.3 Å². The van der Waals surface area contributed by atoms with Gasteiger partial charge in [-0.15, -0.1) is 11.6 Å². The van der Waals surface area contributed by atoms with E-state index in [-0.39, 0.29) is 5.38 Å². The molecule has 110 valence electrons. The zero-order chi connectivity index (χ0) is 14.3. The molecule has 4 heteroatoms. The topological polar surface area (TPSA) is 18.5 Å². The summed E-state index contributed by atoms with van der Waals surface area (Å²) in [5.41, 5.74) is 1.43. The van der Waals surface area contributed by atoms with E-state index in [9.17, 15) is 0 Å². The predicted octanol–water partition coefficient (Wildman–Crippen LogP) is 5.33. The maximum atomic E-state index is 6.82. The van der Waals surface area contributed by atoms with Gasteiger partial charge in [-0.3, -0.25) is 0 Å². The summed E-state index contributed by atoms with van der Waals surface area (Å²) in [5.74, 6) is 2.13. The van der Waals surface area contributed by atoms with Crippen molar-refractivity contribution in [2.75, 3.05) is 13.2 Å². The molecule has 0 N–H and O–H groups in total. The third-order valence-electron chi connectivity index (χ3n) is 4.65. The SMILES string of the molecule is CC1(C)CCCC1C(Cl)c1cc2c(cc1Br)OCCO2. The Hall–Kier alpha value is -0.410. The highest BCUT2D eigenvalue weighted by molar-refractivity contribution is 9.10. The van der Waals surface area contributed by atoms with Gasteiger partial charge in [0.2, 0.25) is 0 Å². The molecule has 1 aromatic rings. The van der Waals surface area contributed by atoms with E-state index in [1.54, 1.807) is 0 Å². The monoisotopic (exact) mass is 358 g/mol. The Kier molecular flexibility index (Phi) is 3.93. The molecule has 2 unspecified atom stereocenters. The Morgan fingerprint density at radius 2 is 1.90 bits per heavy atom. The molecule has 1 fully saturated rings. The highest BCUT2D eigenvalue weighted by Crippen LogP contribution is 2.53. The average molecular weight is 360 g/mol. The Bertz CT molecular complexity index is 515. The molecule has 3 rings (SSSR count). The molecule has 0 aromatic heterocycles. The minimum atomic E-state index is 0.0118. The average Bonchev–Trinajstić information content (AvgIpc) is 2.77. The fraction of sp³-hybridized carbons (Fsp3) is 0.625. The molecule has 1 heterocycles. The lowest BCUT2D eigenvalue weighted by Crippen LogP contribution is -2.22. The Balaban J connectivity index is 1.93. The van der Waals surface area contributed by atoms with E-state index in [4.69, 9.17) is 21.1 Å². The normalized spacial score (nSPS) is 25.5. The van der Waals surface area contributed by atoms with Crippen molar-refractivity contribution in [3.63, 3.8) is 0 Å². The van der Waals surface area contributed by atoms with Crippen molar-refractivity contribution < 1.29 is 9.47 Å². The van der Waals surface area contributed by atoms with Crippen molar-refractivity contribution in [1.29, 1.82) is 0 Å². The first-order valence-corrected chi connectivity index (χ1v) is 8.45. The minimum Gasteiger partial charge on any atom is -0.486 e. The molecule has 0 amide bonds. The molecular weight excluding hydrogens is 340 g/mol. The van der Waals surface area contributed by atoms with Gasteiger partial charge in [-0.25, -0.2) is 0 Å². The van der Waals surface area contributed by atoms with Crippen molar-refractivity contribution in [1.82, 2.24) is 0 Å². The lowest BCUT2D eigenvalue weighted by atomic mass is 9.78. The smallest absolute Gasteiger partial charge is 0.162 e. The van der Waals surface area contributed by atoms with Crippen molar-refractivity contribution >= 4 is 27.5 Å². The number of hydrogen-bond acceptors (Lipinski definition) is 2. The van der Waals surface area contributed by atoms with Gasteiger partial charge in [0.15, 0.2) is 11.5 Å². The fourth-order valence-corrected chi connectivity index (χ4v) is 4.75. The highest BCUT2D eigenvalue weighted by Gasteiger charge is 2.40. The van der Waals surface area contributed by atoms with E-state index >= 15 is 0 Å². The minimum absolute atomic E-state index is 0.0118. The van der Waals surface area contributed by atoms with Gasteiger partial charge in [-0.1, -0.05) is 36.2 Å². The summed E-state index contributed by atoms with van der Waals surface area (Å²) in [7, 11) is 0. The van der Waals surface area contributed by atoms with Crippen LogP contribution in [0, 0.1) is 11.3 Å². The maximum Gasteiger partial charge on any atom is 0.162 e. The van der Waals surface area contributed by atoms with Crippen molar-refractivity contribution in [2.45, 2.75) is 38.5 Å². The molecule has 0 spiro atoms. The van der Waals surface area contributed by atoms with Crippen LogP contribution in [0.2, 0.25) is 0 Å². The molecule has 2 aliphatic rings. The largest absolute Gasteiger partial charge is 0.486 e. The number of hydrogen-bond donors (Lipinski definition) is 0. The maximum absolute atomic E-state index is 6.82. The molecule has 1 aliphatic heterocycles. The molecule has 0 saturated heterocycles. The molecule has 0 radical (unpaired) electrons. The van der Waals surface area contributed by atoms with Gasteiger partial charge in [-0.05, 0) is 41.9 Å². The second kappa shape index (κ2) is 5.42. The number of halogens is 2. The quantitative estimate of drug-likeness (QED) is 0.665. The van der Waals surface area contributed by atoms with Crippen LogP contribution in [0.5, 0.6) is 11.5 Å². The predicted molar refractivity (Wildman–Crippen MR) is 84.8 cm³/mol. The molecule has 1 aliphatic carbocycles. The van der Waals surface area contributed by atoms with Gasteiger partial charge >= 0.3 is 0 Å². The Morgan fingerprint density at radius 1 is 1.25 bits per heavy atom. The number of rotatable bonds is 2. The van der Waals surface area contributed by atoms with Crippen molar-refractivity contribution in [3.05, 3.63) is 22.2 Å². The lowest BCUT2D eigenvalue weighted by Gasteiger charge is -2.32. The van der Waals surface area contributed by atoms with Gasteiger partial charge in [-0.2, -0.15) is 0 Å². The summed E-state index contributed by atoms with van der Waals surface area (Å²) in [6, 6.07) is 4.03. The second-order valence-corrected chi connectivity index (χ2v) is 7.73. The van der Waals surface area contributed by atoms with E-state index in [0.717, 1.165) is 21.5 Å². The van der Waals surface area contributed by atoms with E-state index in [0.29, 0.717) is 24.5 Å². The van der Waals surface area contributed by atoms with Crippen LogP contribution in [0.3, 0.4) is 0 Å². The molecule has 1 aromatic carbocycles. The fourth-order valence-electron chi connectivity index (χ4n) is 3.40. The molecule has 20 heavy (non-hydrogen) atoms. The molecule has 1 saturated carbocycles. The van der Waals surface area contributed by atoms with Gasteiger partial charge < -0.3 is 9.47 Å². The number of ether oxygens (including phenoxy) is 2. The van der Waals surface area contributed by atoms with E-state index < -0.39 is 0 Å². The molecule has 2 atom stereocenters. The summed E-state index contributed by atoms with van der Waals surface area (Å²) in [6.07, 6.45) is 3.72. The van der Waals surface area contributed by atoms with Gasteiger partial charge in [0, 0.05) is 4.47 Å². The first kappa shape index (κ1) is 14.5. The second-order valence-electron chi connectivity index (χ2n) is 6.41. The van der Waals surface area contributed by atoms with Crippen LogP contribution in [0.25, 0.3) is 0 Å². The summed E-state index contributed by atoms with van der Waals surface area (Å²) < 4.78 is 12.3. The van der Waals surface area contributed by atoms with Crippen molar-refractivity contribution in [2.24, 2.45) is 11.3 Å². The van der Waals surface area contributed by atoms with Crippen LogP contribution >= 0.6 is 27.5 Å². The Morgan fingerprint density at radius 3 is 2.50 bits per heavy atom. The summed E-state index contributed by atoms with van der Waals surface area (Å²) in [5, 5.41) is 0.0118. The number of fused-ring (bicyclic) bond motifs is 1. The van der Waals surface area contributed by atoms with Crippen LogP contribution in [0.1, 0.15) is 44.1 Å². The van der Waals surface area contributed by atoms with Crippen LogP contribution in [-0.2, 0) is 0 Å². The first-order chi connectivity index (χ1) is 9.49. The summed E-state index contributed by atoms with van der Waals surface area (Å²) >= 11 is 10.5. The molecule has 2 nitrogen and oxygen atoms in total. The molecular formula is C16H20BrClO2. The molecule has 0 bridgehead atoms. The summed E-state index contributed by atoms with van der Waals surface area (Å²) in [4.78, 5) is 0. The summed E-state index contributed by atoms with van der Waals surface area (Å²) in [6.45, 7) is 5.87. The van der Waals surface area contributed by atoms with Crippen molar-refractivity contribution in [3.8, 4) is 11.5 Å². The van der Waals surface area contributed by atoms with Crippen LogP contribution in [0.15, 0.2) is 16.6 Å². The standard InChI is InChI=1S/C16H20BrClO2/c1-16(2)5-3-4-11(16)15(18)10-8-13-14(9-12(10)17)20-7-6-19-13/h8-9,11,15H,3-7H2,1-2H3. The van der Waals surface area contributed by atoms with Crippen LogP contribution in [-0.4, -0.2) is 13.2 Å². The zero-order valence-corrected chi connectivity index (χ0v) is 14.3. The number of benzene rings is 1. The first-order valence-electron chi connectivity index (χ1n) is 7.22. The number of alkyl halides is 1. The zero-order valence-electron chi connectivity index (χ0n) is 11.9. The van der Waals surface area contributed by atoms with Crippen LogP contribution in [0.4, 0.5) is 0 Å². The highest BCUT2D eigenvalue weighted by atomic mass is 79.9. The third kappa shape index (κ3) is 2.55. The van der Waals surface area contributed by atoms with Gasteiger partial charge in [0.1, 0.15) is 13.2 Å². The van der Waals surface area contributed by atoms with E-state index in [1.807, 2.05) is 12.1 Å².